The molecule has 45 heavy (non-hydrogen) atoms. The van der Waals surface area contributed by atoms with Crippen LogP contribution in [0.2, 0.25) is 0 Å². The van der Waals surface area contributed by atoms with Crippen LogP contribution in [0.1, 0.15) is 40.1 Å². The monoisotopic (exact) mass is 607 g/mol. The fourth-order valence-corrected chi connectivity index (χ4v) is 5.35. The first-order chi connectivity index (χ1) is 21.6. The molecule has 10 heteroatoms. The number of aryl methyl sites for hydroxylation is 1. The van der Waals surface area contributed by atoms with Gasteiger partial charge < -0.3 is 20.4 Å². The van der Waals surface area contributed by atoms with Gasteiger partial charge >= 0.3 is 0 Å². The smallest absolute Gasteiger partial charge is 0.253 e. The zero-order valence-corrected chi connectivity index (χ0v) is 24.6. The van der Waals surface area contributed by atoms with E-state index < -0.39 is 5.92 Å². The lowest BCUT2D eigenvalue weighted by Crippen LogP contribution is -2.42. The van der Waals surface area contributed by atoms with Crippen LogP contribution in [0.25, 0.3) is 39.3 Å². The number of halogens is 2. The van der Waals surface area contributed by atoms with E-state index in [9.17, 15) is 18.4 Å². The number of piperidine rings is 1. The molecule has 3 aromatic heterocycles. The highest BCUT2D eigenvalue weighted by Gasteiger charge is 2.35. The summed E-state index contributed by atoms with van der Waals surface area (Å²) < 4.78 is 33.4. The molecule has 0 spiro atoms. The van der Waals surface area contributed by atoms with E-state index in [4.69, 9.17) is 10.2 Å². The molecule has 228 valence electrons. The van der Waals surface area contributed by atoms with Crippen molar-refractivity contribution in [2.45, 2.75) is 32.2 Å². The number of aromatic nitrogens is 2. The number of likely N-dealkylation sites (tertiary alicyclic amines) is 1. The number of alkyl halides is 2. The number of fused-ring (bicyclic) bond motifs is 1. The van der Waals surface area contributed by atoms with Crippen LogP contribution in [0, 0.1) is 6.92 Å². The number of furan rings is 1. The van der Waals surface area contributed by atoms with Crippen molar-refractivity contribution in [2.75, 3.05) is 18.8 Å². The van der Waals surface area contributed by atoms with Gasteiger partial charge in [0.1, 0.15) is 17.2 Å². The maximum atomic E-state index is 13.6. The number of pyridine rings is 2. The van der Waals surface area contributed by atoms with Gasteiger partial charge in [-0.15, -0.1) is 0 Å². The third-order valence-electron chi connectivity index (χ3n) is 7.92. The van der Waals surface area contributed by atoms with Crippen molar-refractivity contribution in [3.8, 4) is 22.3 Å². The number of hydrogen-bond donors (Lipinski definition) is 2. The van der Waals surface area contributed by atoms with Crippen LogP contribution in [0.4, 0.5) is 14.6 Å². The number of nitrogen functional groups attached to an aromatic ring is 1. The fourth-order valence-electron chi connectivity index (χ4n) is 5.35. The summed E-state index contributed by atoms with van der Waals surface area (Å²) in [6.45, 7) is 2.26. The van der Waals surface area contributed by atoms with Crippen LogP contribution in [-0.4, -0.2) is 45.7 Å². The molecule has 8 nitrogen and oxygen atoms in total. The summed E-state index contributed by atoms with van der Waals surface area (Å²) in [6, 6.07) is 18.5. The number of nitrogens with one attached hydrogen (secondary N) is 1. The maximum absolute atomic E-state index is 13.6. The number of carbonyl (C=O) groups excluding carboxylic acids is 2. The summed E-state index contributed by atoms with van der Waals surface area (Å²) in [4.78, 5) is 35.3. The second-order valence-corrected chi connectivity index (χ2v) is 11.1. The van der Waals surface area contributed by atoms with Gasteiger partial charge in [0.15, 0.2) is 0 Å². The van der Waals surface area contributed by atoms with Crippen molar-refractivity contribution in [2.24, 2.45) is 0 Å². The zero-order valence-electron chi connectivity index (χ0n) is 24.6. The van der Waals surface area contributed by atoms with Crippen LogP contribution in [-0.2, 0) is 11.3 Å². The molecule has 1 aliphatic heterocycles. The fraction of sp³-hybridized carbons (Fsp3) is 0.200. The molecule has 6 rings (SSSR count). The van der Waals surface area contributed by atoms with Gasteiger partial charge in [-0.2, -0.15) is 0 Å². The topological polar surface area (TPSA) is 114 Å². The van der Waals surface area contributed by atoms with Crippen molar-refractivity contribution < 1.29 is 22.8 Å². The Labute approximate surface area is 258 Å². The van der Waals surface area contributed by atoms with Crippen LogP contribution in [0.15, 0.2) is 89.7 Å². The van der Waals surface area contributed by atoms with Gasteiger partial charge in [0.2, 0.25) is 5.91 Å². The Morgan fingerprint density at radius 2 is 1.78 bits per heavy atom. The van der Waals surface area contributed by atoms with E-state index in [1.54, 1.807) is 48.9 Å². The van der Waals surface area contributed by atoms with Crippen molar-refractivity contribution >= 4 is 34.7 Å². The predicted molar refractivity (Wildman–Crippen MR) is 169 cm³/mol. The minimum atomic E-state index is -2.71. The molecule has 1 aliphatic rings. The van der Waals surface area contributed by atoms with Crippen molar-refractivity contribution in [3.05, 3.63) is 108 Å². The second-order valence-electron chi connectivity index (χ2n) is 11.1. The van der Waals surface area contributed by atoms with Crippen LogP contribution in [0.5, 0.6) is 0 Å². The van der Waals surface area contributed by atoms with E-state index in [0.717, 1.165) is 38.8 Å². The molecule has 0 unspecified atom stereocenters. The van der Waals surface area contributed by atoms with E-state index in [1.807, 2.05) is 43.3 Å². The SMILES string of the molecule is Cc1ccncc1-c1cc(-c2ccc(C(=O)N3CCC(F)(F)CC3)cc2)cc2cc(CNC(=O)/C=C/c3ccc(N)nc3)oc12. The van der Waals surface area contributed by atoms with E-state index in [2.05, 4.69) is 15.3 Å². The van der Waals surface area contributed by atoms with E-state index in [1.165, 1.54) is 11.0 Å². The first-order valence-electron chi connectivity index (χ1n) is 14.6. The highest BCUT2D eigenvalue weighted by Crippen LogP contribution is 2.37. The molecule has 0 saturated carbocycles. The predicted octanol–water partition coefficient (Wildman–Crippen LogP) is 6.65. The molecule has 0 atom stereocenters. The number of anilines is 1. The third-order valence-corrected chi connectivity index (χ3v) is 7.92. The molecule has 4 heterocycles. The quantitative estimate of drug-likeness (QED) is 0.200. The summed E-state index contributed by atoms with van der Waals surface area (Å²) in [5, 5.41) is 3.69. The Morgan fingerprint density at radius 3 is 2.49 bits per heavy atom. The molecule has 2 aromatic carbocycles. The maximum Gasteiger partial charge on any atom is 0.253 e. The average Bonchev–Trinajstić information content (AvgIpc) is 3.46. The number of carbonyl (C=O) groups is 2. The molecule has 2 amide bonds. The Hall–Kier alpha value is -5.38. The lowest BCUT2D eigenvalue weighted by Gasteiger charge is -2.31. The normalized spacial score (nSPS) is 14.6. The minimum absolute atomic E-state index is 0.0394. The Balaban J connectivity index is 1.25. The van der Waals surface area contributed by atoms with Gasteiger partial charge in [-0.25, -0.2) is 13.8 Å². The summed E-state index contributed by atoms with van der Waals surface area (Å²) >= 11 is 0. The van der Waals surface area contributed by atoms with Crippen molar-refractivity contribution in [3.63, 3.8) is 0 Å². The van der Waals surface area contributed by atoms with Gasteiger partial charge in [-0.1, -0.05) is 12.1 Å². The molecule has 0 radical (unpaired) electrons. The molecular formula is C35H31F2N5O3. The molecule has 1 fully saturated rings. The second kappa shape index (κ2) is 12.3. The number of benzene rings is 2. The lowest BCUT2D eigenvalue weighted by atomic mass is 9.95. The first-order valence-corrected chi connectivity index (χ1v) is 14.6. The average molecular weight is 608 g/mol. The van der Waals surface area contributed by atoms with E-state index in [-0.39, 0.29) is 44.3 Å². The number of amides is 2. The van der Waals surface area contributed by atoms with Crippen LogP contribution in [0.3, 0.4) is 0 Å². The van der Waals surface area contributed by atoms with Crippen LogP contribution >= 0.6 is 0 Å². The van der Waals surface area contributed by atoms with Gasteiger partial charge in [0, 0.05) is 72.7 Å². The molecule has 1 saturated heterocycles. The summed E-state index contributed by atoms with van der Waals surface area (Å²) in [7, 11) is 0. The number of nitrogens with zero attached hydrogens (tertiary/aromatic N) is 3. The van der Waals surface area contributed by atoms with Crippen molar-refractivity contribution in [1.82, 2.24) is 20.2 Å². The van der Waals surface area contributed by atoms with Gasteiger partial charge in [-0.05, 0) is 83.8 Å². The largest absolute Gasteiger partial charge is 0.459 e. The number of rotatable bonds is 7. The van der Waals surface area contributed by atoms with E-state index in [0.29, 0.717) is 22.7 Å². The Kier molecular flexibility index (Phi) is 8.12. The lowest BCUT2D eigenvalue weighted by molar-refractivity contribution is -0.116. The minimum Gasteiger partial charge on any atom is -0.459 e. The standard InChI is InChI=1S/C35H31F2N5O3/c1-22-10-13-39-21-30(22)29-18-26(24-4-6-25(7-5-24)34(44)42-14-11-35(36,37)12-15-42)16-27-17-28(45-33(27)29)20-41-32(43)9-3-23-2-8-31(38)40-19-23/h2-10,13,16-19,21H,11-12,14-15,20H2,1H3,(H2,38,40)(H,41,43)/b9-3+. The molecule has 0 aliphatic carbocycles. The third kappa shape index (κ3) is 6.75. The highest BCUT2D eigenvalue weighted by atomic mass is 19.3. The van der Waals surface area contributed by atoms with Gasteiger partial charge in [0.25, 0.3) is 11.8 Å². The molecule has 3 N–H and O–H groups in total. The summed E-state index contributed by atoms with van der Waals surface area (Å²) in [5.41, 5.74) is 12.0. The van der Waals surface area contributed by atoms with Crippen LogP contribution < -0.4 is 11.1 Å². The molecule has 5 aromatic rings. The molecular weight excluding hydrogens is 576 g/mol. The summed E-state index contributed by atoms with van der Waals surface area (Å²) in [5.74, 6) is -2.27. The van der Waals surface area contributed by atoms with Gasteiger partial charge in [-0.3, -0.25) is 14.6 Å². The number of nitrogens with two attached hydrogens (primary N) is 1. The van der Waals surface area contributed by atoms with E-state index >= 15 is 0 Å². The first kappa shape index (κ1) is 29.7. The Bertz CT molecular complexity index is 1890. The summed E-state index contributed by atoms with van der Waals surface area (Å²) in [6.07, 6.45) is 7.55. The number of hydrogen-bond acceptors (Lipinski definition) is 6. The zero-order chi connectivity index (χ0) is 31.6. The molecule has 0 bridgehead atoms. The van der Waals surface area contributed by atoms with Crippen molar-refractivity contribution in [1.29, 1.82) is 0 Å². The van der Waals surface area contributed by atoms with Gasteiger partial charge in [0.05, 0.1) is 6.54 Å². The Morgan fingerprint density at radius 1 is 1.00 bits per heavy atom. The highest BCUT2D eigenvalue weighted by molar-refractivity contribution is 5.98.